The standard InChI is InChI=1S/C9H11ClNO5P/c1-2-15-17(14,7-10)16-9-5-3-8(4-6-9)11(12)13/h3-6H,2,7H2,1H3/t17-/m0/s1. The predicted octanol–water partition coefficient (Wildman–Crippen LogP) is 3.40. The molecular formula is C9H11ClNO5P. The number of nitro benzene ring substituents is 1. The Morgan fingerprint density at radius 3 is 2.41 bits per heavy atom. The maximum Gasteiger partial charge on any atom is 0.393 e. The molecule has 8 heteroatoms. The van der Waals surface area contributed by atoms with Gasteiger partial charge in [0.25, 0.3) is 5.69 Å². The highest BCUT2D eigenvalue weighted by molar-refractivity contribution is 7.56. The molecular weight excluding hydrogens is 269 g/mol. The average Bonchev–Trinajstić information content (AvgIpc) is 2.30. The highest BCUT2D eigenvalue weighted by Gasteiger charge is 2.24. The van der Waals surface area contributed by atoms with Gasteiger partial charge < -0.3 is 4.52 Å². The third-order valence-corrected chi connectivity index (χ3v) is 4.08. The van der Waals surface area contributed by atoms with Gasteiger partial charge in [-0.15, -0.1) is 11.6 Å². The summed E-state index contributed by atoms with van der Waals surface area (Å²) in [4.78, 5) is 9.89. The maximum absolute atomic E-state index is 11.9. The van der Waals surface area contributed by atoms with Gasteiger partial charge in [-0.05, 0) is 19.1 Å². The number of hydrogen-bond acceptors (Lipinski definition) is 5. The smallest absolute Gasteiger partial charge is 0.393 e. The Bertz CT molecular complexity index is 436. The Morgan fingerprint density at radius 1 is 1.41 bits per heavy atom. The fourth-order valence-electron chi connectivity index (χ4n) is 1.07. The van der Waals surface area contributed by atoms with Gasteiger partial charge in [0.2, 0.25) is 0 Å². The first-order chi connectivity index (χ1) is 8.00. The second-order valence-electron chi connectivity index (χ2n) is 2.99. The summed E-state index contributed by atoms with van der Waals surface area (Å²) < 4.78 is 21.9. The van der Waals surface area contributed by atoms with Crippen LogP contribution in [0.4, 0.5) is 5.69 Å². The molecule has 0 aliphatic heterocycles. The van der Waals surface area contributed by atoms with Crippen molar-refractivity contribution in [3.63, 3.8) is 0 Å². The van der Waals surface area contributed by atoms with Crippen LogP contribution in [0.2, 0.25) is 0 Å². The number of non-ortho nitro benzene ring substituents is 1. The molecule has 1 rings (SSSR count). The van der Waals surface area contributed by atoms with E-state index in [1.807, 2.05) is 0 Å². The quantitative estimate of drug-likeness (QED) is 0.345. The van der Waals surface area contributed by atoms with E-state index in [-0.39, 0.29) is 23.7 Å². The van der Waals surface area contributed by atoms with Crippen LogP contribution in [0.15, 0.2) is 24.3 Å². The molecule has 0 fully saturated rings. The van der Waals surface area contributed by atoms with Crippen LogP contribution >= 0.6 is 19.2 Å². The molecule has 94 valence electrons. The number of nitrogens with zero attached hydrogens (tertiary/aromatic N) is 1. The molecule has 0 N–H and O–H groups in total. The Hall–Kier alpha value is -1.10. The summed E-state index contributed by atoms with van der Waals surface area (Å²) in [5.74, 6) is 0.216. The first kappa shape index (κ1) is 14.0. The topological polar surface area (TPSA) is 78.7 Å². The van der Waals surface area contributed by atoms with Gasteiger partial charge in [-0.1, -0.05) is 0 Å². The molecule has 1 aromatic carbocycles. The van der Waals surface area contributed by atoms with Crippen LogP contribution < -0.4 is 4.52 Å². The van der Waals surface area contributed by atoms with Crippen molar-refractivity contribution in [3.05, 3.63) is 34.4 Å². The highest BCUT2D eigenvalue weighted by atomic mass is 35.5. The van der Waals surface area contributed by atoms with Crippen LogP contribution in [0, 0.1) is 10.1 Å². The summed E-state index contributed by atoms with van der Waals surface area (Å²) in [6.45, 7) is 1.87. The molecule has 0 saturated carbocycles. The van der Waals surface area contributed by atoms with Crippen molar-refractivity contribution in [2.45, 2.75) is 6.92 Å². The molecule has 0 saturated heterocycles. The third-order valence-electron chi connectivity index (χ3n) is 1.76. The van der Waals surface area contributed by atoms with Gasteiger partial charge >= 0.3 is 7.60 Å². The Kier molecular flexibility index (Phi) is 4.93. The van der Waals surface area contributed by atoms with Crippen molar-refractivity contribution in [1.82, 2.24) is 0 Å². The lowest BCUT2D eigenvalue weighted by atomic mass is 10.3. The predicted molar refractivity (Wildman–Crippen MR) is 63.7 cm³/mol. The SMILES string of the molecule is CCO[P@@](=O)(CCl)Oc1ccc([N+](=O)[O-])cc1. The molecule has 1 aromatic rings. The van der Waals surface area contributed by atoms with Crippen LogP contribution in [-0.2, 0) is 9.09 Å². The molecule has 1 atom stereocenters. The van der Waals surface area contributed by atoms with Gasteiger partial charge in [0.15, 0.2) is 0 Å². The fraction of sp³-hybridized carbons (Fsp3) is 0.333. The number of benzene rings is 1. The van der Waals surface area contributed by atoms with Gasteiger partial charge in [-0.2, -0.15) is 0 Å². The number of nitro groups is 1. The molecule has 0 bridgehead atoms. The Morgan fingerprint density at radius 2 is 2.00 bits per heavy atom. The van der Waals surface area contributed by atoms with Gasteiger partial charge in [-0.3, -0.25) is 14.6 Å². The molecule has 0 radical (unpaired) electrons. The second kappa shape index (κ2) is 6.00. The summed E-state index contributed by atoms with van der Waals surface area (Å²) in [5, 5.41) is 10.4. The Balaban J connectivity index is 2.81. The first-order valence-corrected chi connectivity index (χ1v) is 7.00. The first-order valence-electron chi connectivity index (χ1n) is 4.74. The number of hydrogen-bond donors (Lipinski definition) is 0. The molecule has 0 aliphatic rings. The van der Waals surface area contributed by atoms with E-state index in [0.29, 0.717) is 0 Å². The largest absolute Gasteiger partial charge is 0.424 e. The van der Waals surface area contributed by atoms with E-state index in [9.17, 15) is 14.7 Å². The van der Waals surface area contributed by atoms with Crippen LogP contribution in [0.1, 0.15) is 6.92 Å². The molecule has 0 spiro atoms. The van der Waals surface area contributed by atoms with Gasteiger partial charge in [-0.25, -0.2) is 4.57 Å². The summed E-state index contributed by atoms with van der Waals surface area (Å²) in [6.07, 6.45) is 0. The lowest BCUT2D eigenvalue weighted by Crippen LogP contribution is -1.99. The summed E-state index contributed by atoms with van der Waals surface area (Å²) in [5.41, 5.74) is -0.355. The summed E-state index contributed by atoms with van der Waals surface area (Å²) >= 11 is 5.50. The van der Waals surface area contributed by atoms with Crippen LogP contribution in [-0.4, -0.2) is 17.2 Å². The van der Waals surface area contributed by atoms with E-state index in [2.05, 4.69) is 0 Å². The van der Waals surface area contributed by atoms with Crippen molar-refractivity contribution in [3.8, 4) is 5.75 Å². The van der Waals surface area contributed by atoms with E-state index in [1.165, 1.54) is 24.3 Å². The van der Waals surface area contributed by atoms with Crippen LogP contribution in [0.5, 0.6) is 5.75 Å². The monoisotopic (exact) mass is 279 g/mol. The van der Waals surface area contributed by atoms with E-state index in [4.69, 9.17) is 20.6 Å². The van der Waals surface area contributed by atoms with E-state index >= 15 is 0 Å². The van der Waals surface area contributed by atoms with Gasteiger partial charge in [0.1, 0.15) is 11.4 Å². The molecule has 0 amide bonds. The minimum Gasteiger partial charge on any atom is -0.424 e. The average molecular weight is 280 g/mol. The normalized spacial score (nSPS) is 14.0. The number of halogens is 1. The van der Waals surface area contributed by atoms with Crippen molar-refractivity contribution in [1.29, 1.82) is 0 Å². The zero-order valence-corrected chi connectivity index (χ0v) is 10.7. The van der Waals surface area contributed by atoms with Crippen molar-refractivity contribution < 1.29 is 18.5 Å². The number of rotatable bonds is 6. The molecule has 0 heterocycles. The zero-order chi connectivity index (χ0) is 12.9. The van der Waals surface area contributed by atoms with Gasteiger partial charge in [0.05, 0.1) is 11.5 Å². The van der Waals surface area contributed by atoms with E-state index in [0.717, 1.165) is 0 Å². The third kappa shape index (κ3) is 4.00. The molecule has 0 aliphatic carbocycles. The van der Waals surface area contributed by atoms with Crippen LogP contribution in [0.3, 0.4) is 0 Å². The minimum atomic E-state index is -3.37. The lowest BCUT2D eigenvalue weighted by molar-refractivity contribution is -0.384. The molecule has 6 nitrogen and oxygen atoms in total. The summed E-state index contributed by atoms with van der Waals surface area (Å²) in [7, 11) is -3.37. The lowest BCUT2D eigenvalue weighted by Gasteiger charge is -2.15. The molecule has 0 unspecified atom stereocenters. The van der Waals surface area contributed by atoms with Crippen LogP contribution in [0.25, 0.3) is 0 Å². The molecule has 0 aromatic heterocycles. The Labute approximate surface area is 103 Å². The van der Waals surface area contributed by atoms with Crippen molar-refractivity contribution >= 4 is 24.9 Å². The number of alkyl halides is 1. The minimum absolute atomic E-state index is 0.0746. The zero-order valence-electron chi connectivity index (χ0n) is 9.04. The van der Waals surface area contributed by atoms with E-state index < -0.39 is 12.5 Å². The van der Waals surface area contributed by atoms with E-state index in [1.54, 1.807) is 6.92 Å². The molecule has 17 heavy (non-hydrogen) atoms. The summed E-state index contributed by atoms with van der Waals surface area (Å²) in [6, 6.07) is 5.19. The highest BCUT2D eigenvalue weighted by Crippen LogP contribution is 2.49. The fourth-order valence-corrected chi connectivity index (χ4v) is 2.43. The maximum atomic E-state index is 11.9. The second-order valence-corrected chi connectivity index (χ2v) is 5.61. The van der Waals surface area contributed by atoms with Crippen molar-refractivity contribution in [2.75, 3.05) is 12.2 Å². The van der Waals surface area contributed by atoms with Crippen molar-refractivity contribution in [2.24, 2.45) is 0 Å². The van der Waals surface area contributed by atoms with Gasteiger partial charge in [0, 0.05) is 12.1 Å².